The summed E-state index contributed by atoms with van der Waals surface area (Å²) in [5, 5.41) is 0. The number of aromatic nitrogens is 2. The molecule has 0 spiro atoms. The summed E-state index contributed by atoms with van der Waals surface area (Å²) < 4.78 is 21.1. The lowest BCUT2D eigenvalue weighted by Gasteiger charge is -2.48. The number of aryl methyl sites for hydroxylation is 1. The van der Waals surface area contributed by atoms with Crippen LogP contribution in [0.15, 0.2) is 60.6 Å². The molecule has 3 heterocycles. The highest BCUT2D eigenvalue weighted by molar-refractivity contribution is 5.99. The quantitative estimate of drug-likeness (QED) is 0.458. The van der Waals surface area contributed by atoms with Crippen LogP contribution in [0.3, 0.4) is 0 Å². The number of piperidine rings is 2. The van der Waals surface area contributed by atoms with Gasteiger partial charge in [-0.3, -0.25) is 4.79 Å². The highest BCUT2D eigenvalue weighted by Gasteiger charge is 2.41. The SMILES string of the molecule is COc1cc(/C=C2\CC[C@@H]3C[C@H](C)C[C@@H](c4ccc(F)cc4)N3C2=O)ccc1-n1cnc(C)c1. The molecule has 0 N–H and O–H groups in total. The lowest BCUT2D eigenvalue weighted by atomic mass is 9.79. The Hall–Kier alpha value is -3.41. The van der Waals surface area contributed by atoms with Crippen molar-refractivity contribution in [3.63, 3.8) is 0 Å². The van der Waals surface area contributed by atoms with Crippen molar-refractivity contribution in [2.75, 3.05) is 7.11 Å². The molecular formula is C28H30FN3O2. The average molecular weight is 460 g/mol. The molecule has 5 nitrogen and oxygen atoms in total. The summed E-state index contributed by atoms with van der Waals surface area (Å²) in [6.07, 6.45) is 9.33. The van der Waals surface area contributed by atoms with Crippen LogP contribution in [0.25, 0.3) is 11.8 Å². The van der Waals surface area contributed by atoms with Crippen molar-refractivity contribution in [1.82, 2.24) is 14.5 Å². The maximum Gasteiger partial charge on any atom is 0.250 e. The molecule has 2 saturated heterocycles. The molecule has 176 valence electrons. The highest BCUT2D eigenvalue weighted by atomic mass is 19.1. The molecule has 2 aliphatic rings. The molecule has 0 aliphatic carbocycles. The summed E-state index contributed by atoms with van der Waals surface area (Å²) in [5.41, 5.74) is 4.59. The molecule has 0 unspecified atom stereocenters. The number of hydrogen-bond acceptors (Lipinski definition) is 3. The molecule has 1 aromatic heterocycles. The van der Waals surface area contributed by atoms with Gasteiger partial charge in [0.05, 0.1) is 30.9 Å². The van der Waals surface area contributed by atoms with Crippen molar-refractivity contribution in [3.05, 3.63) is 83.2 Å². The Morgan fingerprint density at radius 1 is 1.15 bits per heavy atom. The Kier molecular flexibility index (Phi) is 5.98. The van der Waals surface area contributed by atoms with Crippen molar-refractivity contribution < 1.29 is 13.9 Å². The molecule has 5 rings (SSSR count). The molecule has 2 fully saturated rings. The average Bonchev–Trinajstić information content (AvgIpc) is 3.26. The van der Waals surface area contributed by atoms with E-state index in [-0.39, 0.29) is 23.8 Å². The van der Waals surface area contributed by atoms with Gasteiger partial charge in [0.15, 0.2) is 0 Å². The van der Waals surface area contributed by atoms with Gasteiger partial charge in [0, 0.05) is 17.8 Å². The first kappa shape index (κ1) is 22.4. The van der Waals surface area contributed by atoms with Crippen molar-refractivity contribution in [2.45, 2.75) is 51.6 Å². The van der Waals surface area contributed by atoms with Gasteiger partial charge >= 0.3 is 0 Å². The Balaban J connectivity index is 1.45. The maximum absolute atomic E-state index is 13.7. The van der Waals surface area contributed by atoms with E-state index in [0.29, 0.717) is 5.92 Å². The van der Waals surface area contributed by atoms with Gasteiger partial charge in [0.1, 0.15) is 11.6 Å². The van der Waals surface area contributed by atoms with Crippen LogP contribution in [0, 0.1) is 18.7 Å². The fraction of sp³-hybridized carbons (Fsp3) is 0.357. The number of amides is 1. The van der Waals surface area contributed by atoms with Crippen molar-refractivity contribution in [3.8, 4) is 11.4 Å². The summed E-state index contributed by atoms with van der Waals surface area (Å²) in [4.78, 5) is 20.1. The number of carbonyl (C=O) groups excluding carboxylic acids is 1. The largest absolute Gasteiger partial charge is 0.495 e. The van der Waals surface area contributed by atoms with Gasteiger partial charge in [-0.1, -0.05) is 25.1 Å². The molecule has 1 amide bonds. The van der Waals surface area contributed by atoms with Gasteiger partial charge in [0.2, 0.25) is 0 Å². The summed E-state index contributed by atoms with van der Waals surface area (Å²) in [6, 6.07) is 12.8. The lowest BCUT2D eigenvalue weighted by molar-refractivity contribution is -0.137. The second-order valence-electron chi connectivity index (χ2n) is 9.57. The number of nitrogens with zero attached hydrogens (tertiary/aromatic N) is 3. The van der Waals surface area contributed by atoms with Crippen molar-refractivity contribution >= 4 is 12.0 Å². The third-order valence-electron chi connectivity index (χ3n) is 7.07. The fourth-order valence-corrected chi connectivity index (χ4v) is 5.45. The molecule has 3 aromatic rings. The highest BCUT2D eigenvalue weighted by Crippen LogP contribution is 2.43. The van der Waals surface area contributed by atoms with Crippen LogP contribution in [-0.4, -0.2) is 33.5 Å². The van der Waals surface area contributed by atoms with E-state index < -0.39 is 0 Å². The van der Waals surface area contributed by atoms with Crippen LogP contribution in [0.5, 0.6) is 5.75 Å². The monoisotopic (exact) mass is 459 g/mol. The normalized spacial score (nSPS) is 23.8. The number of methoxy groups -OCH3 is 1. The zero-order valence-electron chi connectivity index (χ0n) is 19.9. The van der Waals surface area contributed by atoms with Crippen LogP contribution in [-0.2, 0) is 4.79 Å². The Morgan fingerprint density at radius 3 is 2.65 bits per heavy atom. The van der Waals surface area contributed by atoms with E-state index in [2.05, 4.69) is 16.8 Å². The molecular weight excluding hydrogens is 429 g/mol. The zero-order chi connectivity index (χ0) is 23.8. The molecule has 0 saturated carbocycles. The van der Waals surface area contributed by atoms with E-state index in [9.17, 15) is 9.18 Å². The summed E-state index contributed by atoms with van der Waals surface area (Å²) in [6.45, 7) is 4.20. The molecule has 2 aliphatic heterocycles. The van der Waals surface area contributed by atoms with Gasteiger partial charge in [-0.05, 0) is 80.0 Å². The summed E-state index contributed by atoms with van der Waals surface area (Å²) in [5.74, 6) is 1.09. The maximum atomic E-state index is 13.7. The van der Waals surface area contributed by atoms with Gasteiger partial charge < -0.3 is 14.2 Å². The third kappa shape index (κ3) is 4.25. The molecule has 34 heavy (non-hydrogen) atoms. The lowest BCUT2D eigenvalue weighted by Crippen LogP contribution is -2.50. The van der Waals surface area contributed by atoms with Crippen molar-refractivity contribution in [2.24, 2.45) is 5.92 Å². The van der Waals surface area contributed by atoms with Crippen LogP contribution < -0.4 is 4.74 Å². The summed E-state index contributed by atoms with van der Waals surface area (Å²) >= 11 is 0. The van der Waals surface area contributed by atoms with Crippen LogP contribution >= 0.6 is 0 Å². The second kappa shape index (κ2) is 9.09. The van der Waals surface area contributed by atoms with Gasteiger partial charge in [-0.15, -0.1) is 0 Å². The van der Waals surface area contributed by atoms with E-state index in [0.717, 1.165) is 59.5 Å². The van der Waals surface area contributed by atoms with E-state index in [1.165, 1.54) is 12.1 Å². The standard InChI is InChI=1S/C28H30FN3O2/c1-18-12-24-10-7-22(28(33)32(24)26(13-18)21-5-8-23(29)9-6-21)14-20-4-11-25(27(15-20)34-3)31-16-19(2)30-17-31/h4-6,8-9,11,14-18,24,26H,7,10,12-13H2,1-3H3/b22-14+/t18-,24+,26-/m0/s1. The molecule has 2 aromatic carbocycles. The van der Waals surface area contributed by atoms with Gasteiger partial charge in [0.25, 0.3) is 5.91 Å². The molecule has 3 atom stereocenters. The zero-order valence-corrected chi connectivity index (χ0v) is 19.9. The smallest absolute Gasteiger partial charge is 0.250 e. The topological polar surface area (TPSA) is 47.4 Å². The molecule has 0 radical (unpaired) electrons. The number of imidazole rings is 1. The first-order chi connectivity index (χ1) is 16.4. The number of hydrogen-bond donors (Lipinski definition) is 0. The van der Waals surface area contributed by atoms with E-state index in [1.807, 2.05) is 54.1 Å². The third-order valence-corrected chi connectivity index (χ3v) is 7.07. The van der Waals surface area contributed by atoms with Crippen LogP contribution in [0.1, 0.15) is 55.5 Å². The first-order valence-electron chi connectivity index (χ1n) is 11.9. The van der Waals surface area contributed by atoms with E-state index in [4.69, 9.17) is 4.74 Å². The first-order valence-corrected chi connectivity index (χ1v) is 11.9. The van der Waals surface area contributed by atoms with E-state index >= 15 is 0 Å². The Morgan fingerprint density at radius 2 is 1.94 bits per heavy atom. The number of benzene rings is 2. The Bertz CT molecular complexity index is 1230. The number of rotatable bonds is 4. The van der Waals surface area contributed by atoms with Crippen LogP contribution in [0.4, 0.5) is 4.39 Å². The molecule has 6 heteroatoms. The predicted molar refractivity (Wildman–Crippen MR) is 130 cm³/mol. The second-order valence-corrected chi connectivity index (χ2v) is 9.57. The minimum Gasteiger partial charge on any atom is -0.495 e. The van der Waals surface area contributed by atoms with E-state index in [1.54, 1.807) is 13.4 Å². The summed E-state index contributed by atoms with van der Waals surface area (Å²) in [7, 11) is 1.65. The number of carbonyl (C=O) groups is 1. The minimum absolute atomic E-state index is 0.0213. The number of fused-ring (bicyclic) bond motifs is 1. The van der Waals surface area contributed by atoms with Crippen LogP contribution in [0.2, 0.25) is 0 Å². The van der Waals surface area contributed by atoms with Gasteiger partial charge in [-0.2, -0.15) is 0 Å². The Labute approximate surface area is 199 Å². The fourth-order valence-electron chi connectivity index (χ4n) is 5.45. The number of ether oxygens (including phenoxy) is 1. The predicted octanol–water partition coefficient (Wildman–Crippen LogP) is 5.87. The molecule has 0 bridgehead atoms. The number of halogens is 1. The van der Waals surface area contributed by atoms with Gasteiger partial charge in [-0.25, -0.2) is 9.37 Å². The minimum atomic E-state index is -0.252. The van der Waals surface area contributed by atoms with Crippen molar-refractivity contribution in [1.29, 1.82) is 0 Å².